The SMILES string of the molecule is [2H]c1c([2H])c([2H])c(-c2c([2H])c(-c3ccc4c(c3)-c3cccc(C(C)(C)C)c3-[n+]3[c-]n(-c5[c-]c(Oc6[c-]c7c(cc6)c6ccccc6n7-c6cc(C(C)(C)C)ccn6)ccc5)c5cccc(c53)-c3ccccc3-4)c([2H])c(-c3c([2H])c([2H])c([2H])c([2H])c3[2H])c2[2H])c([2H])c1[2H].[Pt]. The fraction of sp³-hybridized carbons (Fsp3) is 0.108. The number of pyridine rings is 1. The summed E-state index contributed by atoms with van der Waals surface area (Å²) in [6.45, 7) is 12.9. The van der Waals surface area contributed by atoms with E-state index in [9.17, 15) is 4.11 Å². The number of ether oxygens (including phenoxy) is 1. The number of para-hydroxylation sites is 3. The van der Waals surface area contributed by atoms with Crippen LogP contribution in [-0.4, -0.2) is 14.1 Å². The Morgan fingerprint density at radius 2 is 1.11 bits per heavy atom. The average Bonchev–Trinajstić information content (AvgIpc) is 1.54. The smallest absolute Gasteiger partial charge is 0.268 e. The molecule has 6 heteroatoms. The molecule has 13 aromatic rings. The van der Waals surface area contributed by atoms with E-state index >= 15 is 0 Å². The van der Waals surface area contributed by atoms with Crippen LogP contribution in [0.4, 0.5) is 0 Å². The summed E-state index contributed by atoms with van der Waals surface area (Å²) in [5, 5.41) is 2.06. The van der Waals surface area contributed by atoms with Crippen molar-refractivity contribution in [3.63, 3.8) is 0 Å². The van der Waals surface area contributed by atoms with Gasteiger partial charge in [-0.25, -0.2) is 4.98 Å². The van der Waals surface area contributed by atoms with Gasteiger partial charge in [-0.15, -0.1) is 29.7 Å². The van der Waals surface area contributed by atoms with Gasteiger partial charge in [-0.05, 0) is 142 Å². The zero-order valence-corrected chi connectivity index (χ0v) is 46.7. The van der Waals surface area contributed by atoms with Gasteiger partial charge in [0.05, 0.1) is 34.5 Å². The first-order valence-electron chi connectivity index (χ1n) is 32.6. The molecule has 0 amide bonds. The molecule has 10 aromatic carbocycles. The Hall–Kier alpha value is -8.89. The molecule has 0 bridgehead atoms. The van der Waals surface area contributed by atoms with Gasteiger partial charge in [-0.2, -0.15) is 18.2 Å². The monoisotopic (exact) mass is 1220 g/mol. The molecule has 0 atom stereocenters. The van der Waals surface area contributed by atoms with Crippen molar-refractivity contribution in [2.45, 2.75) is 52.4 Å². The van der Waals surface area contributed by atoms with Crippen LogP contribution in [0.25, 0.3) is 117 Å². The van der Waals surface area contributed by atoms with Crippen molar-refractivity contribution < 1.29 is 48.2 Å². The van der Waals surface area contributed by atoms with Crippen LogP contribution in [0.2, 0.25) is 0 Å². The number of fused-ring (bicyclic) bond motifs is 10. The van der Waals surface area contributed by atoms with E-state index in [4.69, 9.17) is 23.4 Å². The van der Waals surface area contributed by atoms with Crippen LogP contribution < -0.4 is 9.30 Å². The van der Waals surface area contributed by atoms with Gasteiger partial charge < -0.3 is 13.9 Å². The van der Waals surface area contributed by atoms with Crippen LogP contribution in [0.3, 0.4) is 0 Å². The standard InChI is InChI=1S/C74H56N4O.Pt/c1-73(2,3)54-38-39-75-70(44-54)78-67-32-16-15-28-61(67)62-37-35-57(46-69(62)78)79-56-25-17-24-55(45-56)76-47-77-71-64(29-18-31-66(71)74(4,5)6)65-43-50(34-36-60(65)58-26-13-14-27-59(58)63-30-19-33-68(76)72(63)77)53-41-51(48-20-9-7-10-21-48)40-52(42-53)49-22-11-8-12-23-49;/h7-44H,1-6H3;/q-2;/i7D,8D,9D,10D,11D,12D,20D,21D,22D,23D,40D,41D,42D;. The van der Waals surface area contributed by atoms with Crippen molar-refractivity contribution in [3.05, 3.63) is 260 Å². The van der Waals surface area contributed by atoms with Crippen molar-refractivity contribution >= 4 is 32.8 Å². The van der Waals surface area contributed by atoms with E-state index in [1.807, 2.05) is 102 Å². The maximum atomic E-state index is 10.0. The van der Waals surface area contributed by atoms with Gasteiger partial charge in [-0.1, -0.05) is 198 Å². The first-order chi connectivity index (χ1) is 43.8. The third-order valence-electron chi connectivity index (χ3n) is 14.7. The molecule has 0 unspecified atom stereocenters. The number of aromatic nitrogens is 4. The fourth-order valence-electron chi connectivity index (χ4n) is 11.0. The third-order valence-corrected chi connectivity index (χ3v) is 14.7. The molecule has 3 aromatic heterocycles. The topological polar surface area (TPSA) is 35.9 Å². The first kappa shape index (κ1) is 37.8. The molecule has 4 heterocycles. The van der Waals surface area contributed by atoms with E-state index in [-0.39, 0.29) is 37.6 Å². The second-order valence-corrected chi connectivity index (χ2v) is 21.8. The Balaban J connectivity index is 0.00000787. The van der Waals surface area contributed by atoms with Crippen LogP contribution >= 0.6 is 0 Å². The van der Waals surface area contributed by atoms with Gasteiger partial charge in [0.15, 0.2) is 0 Å². The fourth-order valence-corrected chi connectivity index (χ4v) is 11.0. The largest absolute Gasteiger partial charge is 0.510 e. The predicted molar refractivity (Wildman–Crippen MR) is 324 cm³/mol. The van der Waals surface area contributed by atoms with Gasteiger partial charge in [0.2, 0.25) is 0 Å². The predicted octanol–water partition coefficient (Wildman–Crippen LogP) is 18.5. The van der Waals surface area contributed by atoms with Crippen molar-refractivity contribution in [1.82, 2.24) is 14.1 Å². The minimum atomic E-state index is -0.732. The number of rotatable bonds is 7. The van der Waals surface area contributed by atoms with Crippen LogP contribution in [0.5, 0.6) is 11.5 Å². The van der Waals surface area contributed by atoms with Gasteiger partial charge in [0.25, 0.3) is 6.33 Å². The van der Waals surface area contributed by atoms with E-state index in [2.05, 4.69) is 118 Å². The first-order valence-corrected chi connectivity index (χ1v) is 26.1. The van der Waals surface area contributed by atoms with Crippen molar-refractivity contribution in [3.8, 4) is 95.5 Å². The van der Waals surface area contributed by atoms with Gasteiger partial charge in [-0.3, -0.25) is 4.57 Å². The second-order valence-electron chi connectivity index (χ2n) is 21.8. The molecule has 0 aliphatic carbocycles. The molecule has 0 saturated carbocycles. The number of benzene rings is 10. The Morgan fingerprint density at radius 3 is 1.84 bits per heavy atom. The Labute approximate surface area is 500 Å². The number of hydrogen-bond donors (Lipinski definition) is 0. The Bertz CT molecular complexity index is 5200. The van der Waals surface area contributed by atoms with Crippen molar-refractivity contribution in [2.75, 3.05) is 0 Å². The van der Waals surface area contributed by atoms with Gasteiger partial charge >= 0.3 is 0 Å². The molecule has 0 radical (unpaired) electrons. The molecule has 390 valence electrons. The molecule has 5 nitrogen and oxygen atoms in total. The molecule has 0 N–H and O–H groups in total. The quantitative estimate of drug-likeness (QED) is 0.118. The zero-order valence-electron chi connectivity index (χ0n) is 57.4. The summed E-state index contributed by atoms with van der Waals surface area (Å²) >= 11 is 0. The third kappa shape index (κ3) is 8.78. The molecule has 0 saturated heterocycles. The van der Waals surface area contributed by atoms with Crippen LogP contribution in [0.15, 0.2) is 230 Å². The van der Waals surface area contributed by atoms with Crippen LogP contribution in [-0.2, 0) is 31.9 Å². The van der Waals surface area contributed by atoms with Crippen molar-refractivity contribution in [1.29, 1.82) is 0 Å². The average molecular weight is 1230 g/mol. The molecule has 0 fully saturated rings. The van der Waals surface area contributed by atoms with Crippen LogP contribution in [0, 0.1) is 18.5 Å². The molecular weight excluding hydrogens is 1160 g/mol. The number of imidazole rings is 1. The van der Waals surface area contributed by atoms with E-state index in [0.717, 1.165) is 83.3 Å². The van der Waals surface area contributed by atoms with E-state index in [0.29, 0.717) is 22.7 Å². The molecule has 14 rings (SSSR count). The second kappa shape index (κ2) is 19.8. The molecule has 0 spiro atoms. The molecular formula is C74H56N4OPt-2. The Morgan fingerprint density at radius 1 is 0.500 bits per heavy atom. The Kier molecular flexibility index (Phi) is 9.36. The summed E-state index contributed by atoms with van der Waals surface area (Å²) in [4.78, 5) is 4.86. The summed E-state index contributed by atoms with van der Waals surface area (Å²) in [6.07, 6.45) is 5.65. The summed E-state index contributed by atoms with van der Waals surface area (Å²) in [5.41, 5.74) is 9.04. The van der Waals surface area contributed by atoms with Crippen molar-refractivity contribution in [2.24, 2.45) is 0 Å². The maximum Gasteiger partial charge on any atom is 0.268 e. The van der Waals surface area contributed by atoms with Crippen LogP contribution in [0.1, 0.15) is 70.5 Å². The van der Waals surface area contributed by atoms with Gasteiger partial charge in [0, 0.05) is 44.3 Å². The zero-order chi connectivity index (χ0) is 64.9. The molecule has 1 aliphatic rings. The van der Waals surface area contributed by atoms with E-state index < -0.39 is 106 Å². The number of hydrogen-bond acceptors (Lipinski definition) is 2. The summed E-state index contributed by atoms with van der Waals surface area (Å²) < 4.78 is 131. The summed E-state index contributed by atoms with van der Waals surface area (Å²) in [7, 11) is 0. The van der Waals surface area contributed by atoms with E-state index in [1.54, 1.807) is 6.07 Å². The molecule has 80 heavy (non-hydrogen) atoms. The van der Waals surface area contributed by atoms with Gasteiger partial charge in [0.1, 0.15) is 5.82 Å². The minimum Gasteiger partial charge on any atom is -0.510 e. The molecule has 1 aliphatic heterocycles. The maximum absolute atomic E-state index is 10.0. The summed E-state index contributed by atoms with van der Waals surface area (Å²) in [6, 6.07) is 45.9. The summed E-state index contributed by atoms with van der Waals surface area (Å²) in [5.74, 6) is 1.68. The normalized spacial score (nSPS) is 14.3. The number of nitrogens with zero attached hydrogens (tertiary/aromatic N) is 4. The van der Waals surface area contributed by atoms with E-state index in [1.165, 1.54) is 0 Å². The minimum absolute atomic E-state index is 0.